The van der Waals surface area contributed by atoms with Crippen LogP contribution in [0.3, 0.4) is 0 Å². The van der Waals surface area contributed by atoms with Gasteiger partial charge in [-0.1, -0.05) is 35.0 Å². The van der Waals surface area contributed by atoms with Crippen LogP contribution in [0.1, 0.15) is 5.56 Å². The Morgan fingerprint density at radius 2 is 1.86 bits per heavy atom. The molecule has 4 aromatic rings. The molecule has 2 aromatic heterocycles. The van der Waals surface area contributed by atoms with Gasteiger partial charge in [-0.3, -0.25) is 4.79 Å². The summed E-state index contributed by atoms with van der Waals surface area (Å²) in [5.41, 5.74) is 3.15. The Balaban J connectivity index is 1.51. The first-order valence-corrected chi connectivity index (χ1v) is 10.4. The number of hydrogen-bond acceptors (Lipinski definition) is 5. The molecule has 29 heavy (non-hydrogen) atoms. The zero-order chi connectivity index (χ0) is 20.4. The van der Waals surface area contributed by atoms with Crippen LogP contribution >= 0.6 is 35.0 Å². The third-order valence-corrected chi connectivity index (χ3v) is 5.70. The normalized spacial score (nSPS) is 11.0. The van der Waals surface area contributed by atoms with Gasteiger partial charge in [0, 0.05) is 15.7 Å². The highest BCUT2D eigenvalue weighted by molar-refractivity contribution is 8.00. The van der Waals surface area contributed by atoms with Crippen LogP contribution in [0.2, 0.25) is 10.0 Å². The van der Waals surface area contributed by atoms with E-state index in [1.54, 1.807) is 35.1 Å². The van der Waals surface area contributed by atoms with E-state index < -0.39 is 0 Å². The number of hydrogen-bond donors (Lipinski definition) is 1. The highest BCUT2D eigenvalue weighted by Gasteiger charge is 2.13. The SMILES string of the molecule is Cc1cc(Cl)ccc1NC(=O)CSc1ncnc2c1cnn2-c1ccc(Cl)cc1. The van der Waals surface area contributed by atoms with Gasteiger partial charge in [0.2, 0.25) is 5.91 Å². The van der Waals surface area contributed by atoms with Gasteiger partial charge in [-0.25, -0.2) is 14.6 Å². The molecule has 2 aromatic carbocycles. The smallest absolute Gasteiger partial charge is 0.234 e. The summed E-state index contributed by atoms with van der Waals surface area (Å²) >= 11 is 13.3. The third-order valence-electron chi connectivity index (χ3n) is 4.20. The van der Waals surface area contributed by atoms with Crippen molar-refractivity contribution in [2.45, 2.75) is 11.9 Å². The van der Waals surface area contributed by atoms with Crippen molar-refractivity contribution in [1.82, 2.24) is 19.7 Å². The van der Waals surface area contributed by atoms with E-state index >= 15 is 0 Å². The van der Waals surface area contributed by atoms with Gasteiger partial charge in [-0.2, -0.15) is 5.10 Å². The Morgan fingerprint density at radius 1 is 1.10 bits per heavy atom. The second-order valence-electron chi connectivity index (χ2n) is 6.24. The molecule has 0 saturated heterocycles. The van der Waals surface area contributed by atoms with E-state index in [0.29, 0.717) is 20.7 Å². The predicted molar refractivity (Wildman–Crippen MR) is 117 cm³/mol. The lowest BCUT2D eigenvalue weighted by Gasteiger charge is -2.08. The molecule has 0 spiro atoms. The monoisotopic (exact) mass is 443 g/mol. The van der Waals surface area contributed by atoms with E-state index in [2.05, 4.69) is 20.4 Å². The van der Waals surface area contributed by atoms with Gasteiger partial charge in [0.15, 0.2) is 5.65 Å². The van der Waals surface area contributed by atoms with Crippen molar-refractivity contribution in [2.75, 3.05) is 11.1 Å². The minimum Gasteiger partial charge on any atom is -0.325 e. The molecule has 0 aliphatic carbocycles. The molecule has 1 amide bonds. The number of halogens is 2. The van der Waals surface area contributed by atoms with Crippen LogP contribution in [0.5, 0.6) is 0 Å². The van der Waals surface area contributed by atoms with Crippen LogP contribution < -0.4 is 5.32 Å². The number of nitrogens with one attached hydrogen (secondary N) is 1. The maximum Gasteiger partial charge on any atom is 0.234 e. The zero-order valence-electron chi connectivity index (χ0n) is 15.3. The van der Waals surface area contributed by atoms with Crippen molar-refractivity contribution in [3.05, 3.63) is 70.6 Å². The number of aromatic nitrogens is 4. The minimum absolute atomic E-state index is 0.128. The number of rotatable bonds is 5. The van der Waals surface area contributed by atoms with Crippen molar-refractivity contribution in [3.8, 4) is 5.69 Å². The summed E-state index contributed by atoms with van der Waals surface area (Å²) in [6.45, 7) is 1.90. The molecule has 1 N–H and O–H groups in total. The van der Waals surface area contributed by atoms with Gasteiger partial charge in [-0.05, 0) is 55.0 Å². The summed E-state index contributed by atoms with van der Waals surface area (Å²) in [5.74, 6) is 0.0811. The van der Waals surface area contributed by atoms with Gasteiger partial charge >= 0.3 is 0 Å². The van der Waals surface area contributed by atoms with Crippen LogP contribution in [-0.4, -0.2) is 31.4 Å². The molecule has 146 valence electrons. The zero-order valence-corrected chi connectivity index (χ0v) is 17.6. The number of benzene rings is 2. The van der Waals surface area contributed by atoms with Crippen molar-refractivity contribution >= 4 is 57.6 Å². The van der Waals surface area contributed by atoms with E-state index in [1.165, 1.54) is 18.1 Å². The fourth-order valence-electron chi connectivity index (χ4n) is 2.80. The second-order valence-corrected chi connectivity index (χ2v) is 8.08. The summed E-state index contributed by atoms with van der Waals surface area (Å²) in [5, 5.41) is 10.1. The van der Waals surface area contributed by atoms with E-state index in [-0.39, 0.29) is 11.7 Å². The minimum atomic E-state index is -0.128. The van der Waals surface area contributed by atoms with Crippen molar-refractivity contribution in [1.29, 1.82) is 0 Å². The van der Waals surface area contributed by atoms with Gasteiger partial charge < -0.3 is 5.32 Å². The molecule has 0 aliphatic rings. The highest BCUT2D eigenvalue weighted by Crippen LogP contribution is 2.27. The molecular formula is C20H15Cl2N5OS. The molecule has 4 rings (SSSR count). The van der Waals surface area contributed by atoms with E-state index in [0.717, 1.165) is 22.3 Å². The average molecular weight is 444 g/mol. The van der Waals surface area contributed by atoms with Crippen LogP contribution in [0, 0.1) is 6.92 Å². The van der Waals surface area contributed by atoms with Gasteiger partial charge in [-0.15, -0.1) is 0 Å². The summed E-state index contributed by atoms with van der Waals surface area (Å²) in [6.07, 6.45) is 3.17. The molecule has 0 bridgehead atoms. The molecule has 0 radical (unpaired) electrons. The summed E-state index contributed by atoms with van der Waals surface area (Å²) < 4.78 is 1.72. The largest absolute Gasteiger partial charge is 0.325 e. The number of carbonyl (C=O) groups excluding carboxylic acids is 1. The lowest BCUT2D eigenvalue weighted by molar-refractivity contribution is -0.113. The number of thioether (sulfide) groups is 1. The van der Waals surface area contributed by atoms with E-state index in [4.69, 9.17) is 23.2 Å². The Labute approximate surface area is 181 Å². The average Bonchev–Trinajstić information content (AvgIpc) is 3.14. The number of nitrogens with zero attached hydrogens (tertiary/aromatic N) is 4. The van der Waals surface area contributed by atoms with E-state index in [1.807, 2.05) is 25.1 Å². The summed E-state index contributed by atoms with van der Waals surface area (Å²) in [7, 11) is 0. The fraction of sp³-hybridized carbons (Fsp3) is 0.100. The molecule has 0 fully saturated rings. The molecule has 0 saturated carbocycles. The van der Waals surface area contributed by atoms with Crippen molar-refractivity contribution < 1.29 is 4.79 Å². The Morgan fingerprint density at radius 3 is 2.62 bits per heavy atom. The molecular weight excluding hydrogens is 429 g/mol. The van der Waals surface area contributed by atoms with Crippen LogP contribution in [0.15, 0.2) is 60.0 Å². The number of amides is 1. The van der Waals surface area contributed by atoms with Crippen LogP contribution in [0.4, 0.5) is 5.69 Å². The van der Waals surface area contributed by atoms with Crippen molar-refractivity contribution in [2.24, 2.45) is 0 Å². The standard InChI is InChI=1S/C20H15Cl2N5OS/c1-12-8-14(22)4-7-17(12)26-18(28)10-29-20-16-9-25-27(19(16)23-11-24-20)15-5-2-13(21)3-6-15/h2-9,11H,10H2,1H3,(H,26,28). The molecule has 6 nitrogen and oxygen atoms in total. The number of carbonyl (C=O) groups is 1. The fourth-order valence-corrected chi connectivity index (χ4v) is 3.91. The van der Waals surface area contributed by atoms with Gasteiger partial charge in [0.25, 0.3) is 0 Å². The lowest BCUT2D eigenvalue weighted by Crippen LogP contribution is -2.15. The molecule has 2 heterocycles. The van der Waals surface area contributed by atoms with Crippen LogP contribution in [0.25, 0.3) is 16.7 Å². The first-order valence-electron chi connectivity index (χ1n) is 8.65. The highest BCUT2D eigenvalue weighted by atomic mass is 35.5. The topological polar surface area (TPSA) is 72.7 Å². The van der Waals surface area contributed by atoms with Gasteiger partial charge in [0.05, 0.1) is 23.0 Å². The number of aryl methyl sites for hydroxylation is 1. The van der Waals surface area contributed by atoms with Crippen molar-refractivity contribution in [3.63, 3.8) is 0 Å². The Kier molecular flexibility index (Phi) is 5.71. The Hall–Kier alpha value is -2.61. The summed E-state index contributed by atoms with van der Waals surface area (Å²) in [4.78, 5) is 21.0. The molecule has 0 aliphatic heterocycles. The van der Waals surface area contributed by atoms with E-state index in [9.17, 15) is 4.79 Å². The Bertz CT molecular complexity index is 1190. The first kappa shape index (κ1) is 19.7. The molecule has 0 unspecified atom stereocenters. The molecule has 9 heteroatoms. The first-order chi connectivity index (χ1) is 14.0. The number of anilines is 1. The predicted octanol–water partition coefficient (Wildman–Crippen LogP) is 5.16. The lowest BCUT2D eigenvalue weighted by atomic mass is 10.2. The van der Waals surface area contributed by atoms with Gasteiger partial charge in [0.1, 0.15) is 11.4 Å². The van der Waals surface area contributed by atoms with Crippen LogP contribution in [-0.2, 0) is 4.79 Å². The third kappa shape index (κ3) is 4.37. The molecule has 0 atom stereocenters. The summed E-state index contributed by atoms with van der Waals surface area (Å²) in [6, 6.07) is 12.7. The second kappa shape index (κ2) is 8.41. The number of fused-ring (bicyclic) bond motifs is 1. The quantitative estimate of drug-likeness (QED) is 0.340. The maximum absolute atomic E-state index is 12.4. The maximum atomic E-state index is 12.4.